The van der Waals surface area contributed by atoms with Gasteiger partial charge in [0.2, 0.25) is 0 Å². The second-order valence-electron chi connectivity index (χ2n) is 4.66. The Balaban J connectivity index is 2.01. The van der Waals surface area contributed by atoms with E-state index in [9.17, 15) is 5.11 Å². The number of nitrogen functional groups attached to an aromatic ring is 1. The lowest BCUT2D eigenvalue weighted by Crippen LogP contribution is -2.36. The Morgan fingerprint density at radius 3 is 2.75 bits per heavy atom. The molecule has 1 aliphatic heterocycles. The van der Waals surface area contributed by atoms with Crippen molar-refractivity contribution >= 4 is 5.69 Å². The van der Waals surface area contributed by atoms with E-state index in [1.165, 1.54) is 12.0 Å². The van der Waals surface area contributed by atoms with E-state index in [0.29, 0.717) is 6.04 Å². The lowest BCUT2D eigenvalue weighted by molar-refractivity contribution is 0.0828. The summed E-state index contributed by atoms with van der Waals surface area (Å²) in [4.78, 5) is 2.36. The molecule has 0 unspecified atom stereocenters. The van der Waals surface area contributed by atoms with Crippen LogP contribution >= 0.6 is 0 Å². The van der Waals surface area contributed by atoms with Gasteiger partial charge in [0.1, 0.15) is 0 Å². The summed E-state index contributed by atoms with van der Waals surface area (Å²) < 4.78 is 0. The normalized spacial score (nSPS) is 23.5. The fourth-order valence-electron chi connectivity index (χ4n) is 2.45. The zero-order chi connectivity index (χ0) is 11.5. The number of anilines is 1. The van der Waals surface area contributed by atoms with Crippen LogP contribution in [0.3, 0.4) is 0 Å². The predicted molar refractivity (Wildman–Crippen MR) is 66.0 cm³/mol. The maximum atomic E-state index is 9.68. The molecule has 1 aliphatic rings. The van der Waals surface area contributed by atoms with Gasteiger partial charge < -0.3 is 10.8 Å². The minimum Gasteiger partial charge on any atom is -0.399 e. The van der Waals surface area contributed by atoms with Gasteiger partial charge in [0.25, 0.3) is 0 Å². The summed E-state index contributed by atoms with van der Waals surface area (Å²) in [5.74, 6) is 0. The standard InChI is InChI=1S/C13H20N2O/c1-10(16)13-3-2-8-15(13)9-11-4-6-12(14)7-5-11/h4-7,10,13,16H,2-3,8-9,14H2,1H3/t10-,13-/m1/s1. The maximum Gasteiger partial charge on any atom is 0.0667 e. The van der Waals surface area contributed by atoms with Crippen LogP contribution in [-0.2, 0) is 6.54 Å². The van der Waals surface area contributed by atoms with Gasteiger partial charge in [-0.1, -0.05) is 12.1 Å². The van der Waals surface area contributed by atoms with Gasteiger partial charge in [-0.3, -0.25) is 4.90 Å². The SMILES string of the molecule is C[C@@H](O)[C@H]1CCCN1Cc1ccc(N)cc1. The first kappa shape index (κ1) is 11.4. The molecule has 1 saturated heterocycles. The molecule has 0 bridgehead atoms. The highest BCUT2D eigenvalue weighted by Gasteiger charge is 2.27. The monoisotopic (exact) mass is 220 g/mol. The smallest absolute Gasteiger partial charge is 0.0667 e. The minimum absolute atomic E-state index is 0.240. The van der Waals surface area contributed by atoms with Gasteiger partial charge in [-0.05, 0) is 44.0 Å². The van der Waals surface area contributed by atoms with Crippen molar-refractivity contribution in [1.82, 2.24) is 4.90 Å². The largest absolute Gasteiger partial charge is 0.399 e. The summed E-state index contributed by atoms with van der Waals surface area (Å²) in [5, 5.41) is 9.68. The Bertz CT molecular complexity index is 334. The molecule has 2 rings (SSSR count). The molecule has 0 radical (unpaired) electrons. The maximum absolute atomic E-state index is 9.68. The quantitative estimate of drug-likeness (QED) is 0.761. The molecule has 2 atom stereocenters. The van der Waals surface area contributed by atoms with Crippen LogP contribution in [0.1, 0.15) is 25.3 Å². The van der Waals surface area contributed by atoms with Gasteiger partial charge in [-0.2, -0.15) is 0 Å². The number of likely N-dealkylation sites (tertiary alicyclic amines) is 1. The molecule has 0 amide bonds. The molecule has 1 fully saturated rings. The van der Waals surface area contributed by atoms with Crippen molar-refractivity contribution in [2.24, 2.45) is 0 Å². The van der Waals surface area contributed by atoms with Gasteiger partial charge in [-0.25, -0.2) is 0 Å². The Hall–Kier alpha value is -1.06. The van der Waals surface area contributed by atoms with Crippen LogP contribution in [-0.4, -0.2) is 28.7 Å². The molecule has 0 aliphatic carbocycles. The molecule has 0 spiro atoms. The van der Waals surface area contributed by atoms with Crippen molar-refractivity contribution < 1.29 is 5.11 Å². The van der Waals surface area contributed by atoms with Crippen molar-refractivity contribution in [2.75, 3.05) is 12.3 Å². The second kappa shape index (κ2) is 4.85. The third kappa shape index (κ3) is 2.54. The van der Waals surface area contributed by atoms with E-state index >= 15 is 0 Å². The zero-order valence-corrected chi connectivity index (χ0v) is 9.76. The molecular weight excluding hydrogens is 200 g/mol. The van der Waals surface area contributed by atoms with E-state index in [1.54, 1.807) is 0 Å². The summed E-state index contributed by atoms with van der Waals surface area (Å²) in [6.07, 6.45) is 2.05. The predicted octanol–water partition coefficient (Wildman–Crippen LogP) is 1.61. The number of hydrogen-bond donors (Lipinski definition) is 2. The molecule has 0 aromatic heterocycles. The molecule has 3 nitrogen and oxygen atoms in total. The van der Waals surface area contributed by atoms with E-state index in [4.69, 9.17) is 5.73 Å². The number of aliphatic hydroxyl groups is 1. The van der Waals surface area contributed by atoms with Crippen molar-refractivity contribution in [3.05, 3.63) is 29.8 Å². The number of nitrogens with zero attached hydrogens (tertiary/aromatic N) is 1. The summed E-state index contributed by atoms with van der Waals surface area (Å²) in [6.45, 7) is 3.88. The molecule has 1 aromatic rings. The van der Waals surface area contributed by atoms with E-state index in [1.807, 2.05) is 19.1 Å². The summed E-state index contributed by atoms with van der Waals surface area (Å²) in [5.41, 5.74) is 7.73. The van der Waals surface area contributed by atoms with E-state index in [-0.39, 0.29) is 6.10 Å². The van der Waals surface area contributed by atoms with E-state index in [0.717, 1.165) is 25.2 Å². The number of rotatable bonds is 3. The van der Waals surface area contributed by atoms with Crippen LogP contribution in [0.5, 0.6) is 0 Å². The van der Waals surface area contributed by atoms with Crippen LogP contribution in [0.25, 0.3) is 0 Å². The fourth-order valence-corrected chi connectivity index (χ4v) is 2.45. The highest BCUT2D eigenvalue weighted by atomic mass is 16.3. The van der Waals surface area contributed by atoms with Gasteiger partial charge in [0, 0.05) is 18.3 Å². The highest BCUT2D eigenvalue weighted by molar-refractivity contribution is 5.39. The van der Waals surface area contributed by atoms with Crippen molar-refractivity contribution in [3.8, 4) is 0 Å². The molecule has 16 heavy (non-hydrogen) atoms. The Labute approximate surface area is 96.9 Å². The van der Waals surface area contributed by atoms with Crippen LogP contribution in [0, 0.1) is 0 Å². The molecule has 1 heterocycles. The molecule has 3 heteroatoms. The minimum atomic E-state index is -0.240. The van der Waals surface area contributed by atoms with E-state index in [2.05, 4.69) is 17.0 Å². The zero-order valence-electron chi connectivity index (χ0n) is 9.76. The molecule has 0 saturated carbocycles. The number of hydrogen-bond acceptors (Lipinski definition) is 3. The Morgan fingerprint density at radius 2 is 2.12 bits per heavy atom. The van der Waals surface area contributed by atoms with Gasteiger partial charge in [0.15, 0.2) is 0 Å². The van der Waals surface area contributed by atoms with Crippen molar-refractivity contribution in [1.29, 1.82) is 0 Å². The molecule has 88 valence electrons. The average Bonchev–Trinajstić information content (AvgIpc) is 2.69. The van der Waals surface area contributed by atoms with Gasteiger partial charge in [0.05, 0.1) is 6.10 Å². The van der Waals surface area contributed by atoms with Gasteiger partial charge in [-0.15, -0.1) is 0 Å². The summed E-state index contributed by atoms with van der Waals surface area (Å²) >= 11 is 0. The number of benzene rings is 1. The molecule has 3 N–H and O–H groups in total. The second-order valence-corrected chi connectivity index (χ2v) is 4.66. The number of aliphatic hydroxyl groups excluding tert-OH is 1. The summed E-state index contributed by atoms with van der Waals surface area (Å²) in [6, 6.07) is 8.31. The van der Waals surface area contributed by atoms with Crippen molar-refractivity contribution in [2.45, 2.75) is 38.5 Å². The average molecular weight is 220 g/mol. The first-order valence-electron chi connectivity index (χ1n) is 5.93. The first-order valence-corrected chi connectivity index (χ1v) is 5.93. The Morgan fingerprint density at radius 1 is 1.44 bits per heavy atom. The van der Waals surface area contributed by atoms with Crippen LogP contribution < -0.4 is 5.73 Å². The number of nitrogens with two attached hydrogens (primary N) is 1. The highest BCUT2D eigenvalue weighted by Crippen LogP contribution is 2.22. The lowest BCUT2D eigenvalue weighted by atomic mass is 10.1. The van der Waals surface area contributed by atoms with Crippen LogP contribution in [0.15, 0.2) is 24.3 Å². The molecule has 1 aromatic carbocycles. The first-order chi connectivity index (χ1) is 7.66. The van der Waals surface area contributed by atoms with Crippen LogP contribution in [0.4, 0.5) is 5.69 Å². The molecular formula is C13H20N2O. The third-order valence-electron chi connectivity index (χ3n) is 3.34. The third-order valence-corrected chi connectivity index (χ3v) is 3.34. The topological polar surface area (TPSA) is 49.5 Å². The fraction of sp³-hybridized carbons (Fsp3) is 0.538. The lowest BCUT2D eigenvalue weighted by Gasteiger charge is -2.26. The van der Waals surface area contributed by atoms with E-state index < -0.39 is 0 Å². The van der Waals surface area contributed by atoms with Crippen LogP contribution in [0.2, 0.25) is 0 Å². The van der Waals surface area contributed by atoms with Gasteiger partial charge >= 0.3 is 0 Å². The van der Waals surface area contributed by atoms with Crippen molar-refractivity contribution in [3.63, 3.8) is 0 Å². The summed E-state index contributed by atoms with van der Waals surface area (Å²) in [7, 11) is 0. The Kier molecular flexibility index (Phi) is 3.46.